The normalized spacial score (nSPS) is 21.6. The Bertz CT molecular complexity index is 833. The molecule has 140 valence electrons. The molecule has 5 rings (SSSR count). The number of nitrogens with zero attached hydrogens (tertiary/aromatic N) is 3. The number of amides is 1. The van der Waals surface area contributed by atoms with E-state index in [1.54, 1.807) is 6.20 Å². The number of rotatable bonds is 5. The first-order chi connectivity index (χ1) is 13.3. The van der Waals surface area contributed by atoms with Crippen molar-refractivity contribution in [1.29, 1.82) is 0 Å². The van der Waals surface area contributed by atoms with Crippen molar-refractivity contribution in [2.24, 2.45) is 5.92 Å². The highest BCUT2D eigenvalue weighted by atomic mass is 16.1. The molecule has 1 unspecified atom stereocenters. The van der Waals surface area contributed by atoms with Gasteiger partial charge in [0.15, 0.2) is 0 Å². The molecule has 1 saturated heterocycles. The van der Waals surface area contributed by atoms with Crippen LogP contribution in [0.2, 0.25) is 0 Å². The van der Waals surface area contributed by atoms with Gasteiger partial charge in [0, 0.05) is 45.0 Å². The summed E-state index contributed by atoms with van der Waals surface area (Å²) in [4.78, 5) is 22.0. The minimum atomic E-state index is 0.0211. The molecule has 1 aliphatic carbocycles. The molecule has 1 atom stereocenters. The number of carbonyl (C=O) groups excluding carboxylic acids is 1. The largest absolute Gasteiger partial charge is 0.352 e. The van der Waals surface area contributed by atoms with E-state index >= 15 is 0 Å². The lowest BCUT2D eigenvalue weighted by Gasteiger charge is -2.38. The minimum absolute atomic E-state index is 0.0211. The van der Waals surface area contributed by atoms with Crippen LogP contribution in [-0.4, -0.2) is 48.0 Å². The fraction of sp³-hybridized carbons (Fsp3) is 0.455. The van der Waals surface area contributed by atoms with Crippen molar-refractivity contribution in [1.82, 2.24) is 15.2 Å². The molecule has 0 bridgehead atoms. The standard InChI is InChI=1S/C22H26N4O/c27-22(24-12-16-6-7-16)19-10-18-11-20-15-25(14-17-4-2-1-3-5-17)8-9-26(20)21(18)23-13-19/h1-5,10,13,16,20H,6-9,11-12,14-15H2,(H,24,27). The second kappa shape index (κ2) is 6.97. The highest BCUT2D eigenvalue weighted by Gasteiger charge is 2.35. The maximum absolute atomic E-state index is 12.4. The Morgan fingerprint density at radius 1 is 1.19 bits per heavy atom. The van der Waals surface area contributed by atoms with Gasteiger partial charge in [0.05, 0.1) is 5.56 Å². The molecule has 2 aromatic rings. The van der Waals surface area contributed by atoms with E-state index in [0.29, 0.717) is 17.5 Å². The van der Waals surface area contributed by atoms with Gasteiger partial charge in [-0.2, -0.15) is 0 Å². The summed E-state index contributed by atoms with van der Waals surface area (Å²) in [5.74, 6) is 1.80. The topological polar surface area (TPSA) is 48.5 Å². The van der Waals surface area contributed by atoms with Gasteiger partial charge in [0.2, 0.25) is 0 Å². The van der Waals surface area contributed by atoms with Gasteiger partial charge >= 0.3 is 0 Å². The van der Waals surface area contributed by atoms with E-state index in [1.165, 1.54) is 24.0 Å². The Hall–Kier alpha value is -2.40. The van der Waals surface area contributed by atoms with Crippen LogP contribution in [0.5, 0.6) is 0 Å². The number of aromatic nitrogens is 1. The summed E-state index contributed by atoms with van der Waals surface area (Å²) in [6, 6.07) is 13.2. The number of hydrogen-bond donors (Lipinski definition) is 1. The molecular weight excluding hydrogens is 336 g/mol. The number of hydrogen-bond acceptors (Lipinski definition) is 4. The van der Waals surface area contributed by atoms with Crippen LogP contribution in [-0.2, 0) is 13.0 Å². The summed E-state index contributed by atoms with van der Waals surface area (Å²) < 4.78 is 0. The summed E-state index contributed by atoms with van der Waals surface area (Å²) in [7, 11) is 0. The molecule has 0 spiro atoms. The monoisotopic (exact) mass is 362 g/mol. The van der Waals surface area contributed by atoms with Gasteiger partial charge in [-0.05, 0) is 42.4 Å². The molecule has 0 radical (unpaired) electrons. The lowest BCUT2D eigenvalue weighted by molar-refractivity contribution is 0.0951. The summed E-state index contributed by atoms with van der Waals surface area (Å²) >= 11 is 0. The highest BCUT2D eigenvalue weighted by Crippen LogP contribution is 2.33. The third kappa shape index (κ3) is 3.56. The van der Waals surface area contributed by atoms with Crippen LogP contribution in [0.25, 0.3) is 0 Å². The zero-order valence-corrected chi connectivity index (χ0v) is 15.6. The van der Waals surface area contributed by atoms with Crippen molar-refractivity contribution in [3.63, 3.8) is 0 Å². The van der Waals surface area contributed by atoms with Crippen LogP contribution in [0.4, 0.5) is 5.82 Å². The fourth-order valence-corrected chi connectivity index (χ4v) is 4.31. The summed E-state index contributed by atoms with van der Waals surface area (Å²) in [5.41, 5.74) is 3.30. The van der Waals surface area contributed by atoms with Crippen LogP contribution in [0, 0.1) is 5.92 Å². The second-order valence-electron chi connectivity index (χ2n) is 8.13. The van der Waals surface area contributed by atoms with E-state index in [2.05, 4.69) is 56.5 Å². The van der Waals surface area contributed by atoms with Crippen LogP contribution >= 0.6 is 0 Å². The van der Waals surface area contributed by atoms with E-state index < -0.39 is 0 Å². The van der Waals surface area contributed by atoms with E-state index in [0.717, 1.165) is 45.0 Å². The molecule has 1 saturated carbocycles. The third-order valence-corrected chi connectivity index (χ3v) is 6.00. The van der Waals surface area contributed by atoms with Crippen LogP contribution < -0.4 is 10.2 Å². The van der Waals surface area contributed by atoms with Crippen LogP contribution in [0.15, 0.2) is 42.6 Å². The van der Waals surface area contributed by atoms with Crippen molar-refractivity contribution in [2.45, 2.75) is 31.8 Å². The molecule has 1 N–H and O–H groups in total. The average Bonchev–Trinajstić information content (AvgIpc) is 3.45. The van der Waals surface area contributed by atoms with Gasteiger partial charge in [0.1, 0.15) is 5.82 Å². The third-order valence-electron chi connectivity index (χ3n) is 6.00. The molecule has 1 aromatic carbocycles. The predicted octanol–water partition coefficient (Wildman–Crippen LogP) is 2.47. The number of pyridine rings is 1. The zero-order valence-electron chi connectivity index (χ0n) is 15.6. The van der Waals surface area contributed by atoms with Gasteiger partial charge in [-0.3, -0.25) is 9.69 Å². The molecule has 2 aliphatic heterocycles. The Morgan fingerprint density at radius 2 is 2.04 bits per heavy atom. The highest BCUT2D eigenvalue weighted by molar-refractivity contribution is 5.94. The minimum Gasteiger partial charge on any atom is -0.352 e. The zero-order chi connectivity index (χ0) is 18.2. The molecule has 5 nitrogen and oxygen atoms in total. The number of nitrogens with one attached hydrogen (secondary N) is 1. The Labute approximate surface area is 160 Å². The van der Waals surface area contributed by atoms with Crippen LogP contribution in [0.3, 0.4) is 0 Å². The van der Waals surface area contributed by atoms with E-state index in [4.69, 9.17) is 0 Å². The molecular formula is C22H26N4O. The van der Waals surface area contributed by atoms with Gasteiger partial charge in [-0.1, -0.05) is 30.3 Å². The summed E-state index contributed by atoms with van der Waals surface area (Å²) in [6.07, 6.45) is 5.23. The van der Waals surface area contributed by atoms with Crippen molar-refractivity contribution in [3.05, 3.63) is 59.3 Å². The lowest BCUT2D eigenvalue weighted by Crippen LogP contribution is -2.51. The van der Waals surface area contributed by atoms with Crippen molar-refractivity contribution in [3.8, 4) is 0 Å². The first-order valence-corrected chi connectivity index (χ1v) is 10.1. The molecule has 1 amide bonds. The van der Waals surface area contributed by atoms with Crippen molar-refractivity contribution in [2.75, 3.05) is 31.1 Å². The molecule has 1 aromatic heterocycles. The number of carbonyl (C=O) groups is 1. The van der Waals surface area contributed by atoms with E-state index in [-0.39, 0.29) is 5.91 Å². The number of fused-ring (bicyclic) bond motifs is 3. The molecule has 5 heteroatoms. The molecule has 2 fully saturated rings. The number of anilines is 1. The van der Waals surface area contributed by atoms with E-state index in [9.17, 15) is 4.79 Å². The SMILES string of the molecule is O=C(NCC1CC1)c1cnc2c(c1)CC1CN(Cc3ccccc3)CCN21. The quantitative estimate of drug-likeness (QED) is 0.888. The van der Waals surface area contributed by atoms with Gasteiger partial charge in [0.25, 0.3) is 5.91 Å². The maximum Gasteiger partial charge on any atom is 0.252 e. The average molecular weight is 362 g/mol. The Balaban J connectivity index is 1.25. The first-order valence-electron chi connectivity index (χ1n) is 10.1. The maximum atomic E-state index is 12.4. The van der Waals surface area contributed by atoms with E-state index in [1.807, 2.05) is 0 Å². The van der Waals surface area contributed by atoms with Gasteiger partial charge in [-0.15, -0.1) is 0 Å². The summed E-state index contributed by atoms with van der Waals surface area (Å²) in [6.45, 7) is 4.91. The summed E-state index contributed by atoms with van der Waals surface area (Å²) in [5, 5.41) is 3.05. The van der Waals surface area contributed by atoms with Gasteiger partial charge in [-0.25, -0.2) is 4.98 Å². The molecule has 27 heavy (non-hydrogen) atoms. The second-order valence-corrected chi connectivity index (χ2v) is 8.13. The van der Waals surface area contributed by atoms with Crippen molar-refractivity contribution >= 4 is 11.7 Å². The Morgan fingerprint density at radius 3 is 2.85 bits per heavy atom. The number of benzene rings is 1. The molecule has 3 aliphatic rings. The van der Waals surface area contributed by atoms with Crippen LogP contribution in [0.1, 0.15) is 34.3 Å². The molecule has 3 heterocycles. The lowest BCUT2D eigenvalue weighted by atomic mass is 10.1. The Kier molecular flexibility index (Phi) is 4.32. The van der Waals surface area contributed by atoms with Gasteiger partial charge < -0.3 is 10.2 Å². The fourth-order valence-electron chi connectivity index (χ4n) is 4.31. The smallest absolute Gasteiger partial charge is 0.252 e. The van der Waals surface area contributed by atoms with Crippen molar-refractivity contribution < 1.29 is 4.79 Å². The predicted molar refractivity (Wildman–Crippen MR) is 106 cm³/mol. The first kappa shape index (κ1) is 16.8. The number of piperazine rings is 1.